The summed E-state index contributed by atoms with van der Waals surface area (Å²) in [5.41, 5.74) is 2.34. The number of hydrogen-bond acceptors (Lipinski definition) is 5. The number of hydrogen-bond donors (Lipinski definition) is 0. The summed E-state index contributed by atoms with van der Waals surface area (Å²) in [6, 6.07) is 10.3. The maximum atomic E-state index is 12.2. The predicted octanol–water partition coefficient (Wildman–Crippen LogP) is 4.96. The molecule has 2 heterocycles. The van der Waals surface area contributed by atoms with Gasteiger partial charge in [0.25, 0.3) is 0 Å². The van der Waals surface area contributed by atoms with Crippen LogP contribution in [0.5, 0.6) is 0 Å². The fourth-order valence-electron chi connectivity index (χ4n) is 2.98. The summed E-state index contributed by atoms with van der Waals surface area (Å²) in [6.07, 6.45) is 5.44. The highest BCUT2D eigenvalue weighted by molar-refractivity contribution is 8.00. The molecule has 1 atom stereocenters. The number of carbonyl (C=O) groups is 1. The Bertz CT molecular complexity index is 845. The molecule has 1 aliphatic rings. The van der Waals surface area contributed by atoms with E-state index in [0.29, 0.717) is 12.2 Å². The molecule has 0 bridgehead atoms. The number of carbonyl (C=O) groups excluding carboxylic acids is 1. The van der Waals surface area contributed by atoms with Crippen molar-refractivity contribution in [3.63, 3.8) is 0 Å². The molecular weight excluding hydrogens is 324 g/mol. The van der Waals surface area contributed by atoms with Crippen LogP contribution in [0, 0.1) is 0 Å². The average molecular weight is 340 g/mol. The molecule has 2 aromatic heterocycles. The molecule has 0 radical (unpaired) electrons. The SMILES string of the molecule is O=C1CCCCC1Sc1ncnc2scc(-c3ccccc3)c12. The van der Waals surface area contributed by atoms with E-state index in [-0.39, 0.29) is 5.25 Å². The number of ketones is 1. The van der Waals surface area contributed by atoms with E-state index < -0.39 is 0 Å². The Balaban J connectivity index is 1.77. The second kappa shape index (κ2) is 6.42. The van der Waals surface area contributed by atoms with Crippen LogP contribution in [0.3, 0.4) is 0 Å². The zero-order chi connectivity index (χ0) is 15.6. The maximum absolute atomic E-state index is 12.2. The van der Waals surface area contributed by atoms with E-state index in [0.717, 1.165) is 40.1 Å². The van der Waals surface area contributed by atoms with Crippen molar-refractivity contribution in [2.75, 3.05) is 0 Å². The molecule has 4 rings (SSSR count). The lowest BCUT2D eigenvalue weighted by Crippen LogP contribution is -2.21. The number of thiophene rings is 1. The number of Topliss-reactive ketones (excluding diaryl/α,β-unsaturated/α-hetero) is 1. The fourth-order valence-corrected chi connectivity index (χ4v) is 5.19. The van der Waals surface area contributed by atoms with Gasteiger partial charge in [0.2, 0.25) is 0 Å². The molecule has 1 unspecified atom stereocenters. The van der Waals surface area contributed by atoms with Gasteiger partial charge in [-0.25, -0.2) is 9.97 Å². The molecule has 0 aliphatic heterocycles. The highest BCUT2D eigenvalue weighted by Crippen LogP contribution is 2.40. The standard InChI is InChI=1S/C18H16N2OS2/c21-14-8-4-5-9-15(14)23-18-16-13(12-6-2-1-3-7-12)10-22-17(16)19-11-20-18/h1-3,6-7,10-11,15H,4-5,8-9H2. The van der Waals surface area contributed by atoms with Crippen molar-refractivity contribution in [1.82, 2.24) is 9.97 Å². The Hall–Kier alpha value is -1.72. The van der Waals surface area contributed by atoms with Gasteiger partial charge < -0.3 is 0 Å². The van der Waals surface area contributed by atoms with Gasteiger partial charge in [0, 0.05) is 17.4 Å². The molecule has 0 spiro atoms. The Morgan fingerprint density at radius 1 is 1.13 bits per heavy atom. The molecule has 0 amide bonds. The largest absolute Gasteiger partial charge is 0.298 e. The number of benzene rings is 1. The van der Waals surface area contributed by atoms with Gasteiger partial charge in [-0.2, -0.15) is 0 Å². The molecular formula is C18H16N2OS2. The molecule has 1 aromatic carbocycles. The molecule has 1 fully saturated rings. The molecule has 1 saturated carbocycles. The van der Waals surface area contributed by atoms with Crippen LogP contribution in [0.4, 0.5) is 0 Å². The lowest BCUT2D eigenvalue weighted by atomic mass is 9.99. The molecule has 116 valence electrons. The van der Waals surface area contributed by atoms with Gasteiger partial charge in [-0.3, -0.25) is 4.79 Å². The van der Waals surface area contributed by atoms with E-state index in [9.17, 15) is 4.79 Å². The van der Waals surface area contributed by atoms with Crippen LogP contribution in [0.15, 0.2) is 47.1 Å². The summed E-state index contributed by atoms with van der Waals surface area (Å²) in [5, 5.41) is 4.22. The summed E-state index contributed by atoms with van der Waals surface area (Å²) in [7, 11) is 0. The third-order valence-electron chi connectivity index (χ3n) is 4.17. The molecule has 5 heteroatoms. The average Bonchev–Trinajstić information content (AvgIpc) is 3.03. The van der Waals surface area contributed by atoms with Crippen molar-refractivity contribution in [2.24, 2.45) is 0 Å². The van der Waals surface area contributed by atoms with Gasteiger partial charge in [0.15, 0.2) is 0 Å². The van der Waals surface area contributed by atoms with E-state index in [2.05, 4.69) is 27.5 Å². The molecule has 3 aromatic rings. The third kappa shape index (κ3) is 2.91. The minimum absolute atomic E-state index is 0.0466. The van der Waals surface area contributed by atoms with Crippen LogP contribution in [0.2, 0.25) is 0 Å². The van der Waals surface area contributed by atoms with E-state index in [1.807, 2.05) is 18.2 Å². The first-order chi connectivity index (χ1) is 11.3. The number of rotatable bonds is 3. The maximum Gasteiger partial charge on any atom is 0.146 e. The number of fused-ring (bicyclic) bond motifs is 1. The van der Waals surface area contributed by atoms with Gasteiger partial charge in [0.1, 0.15) is 22.0 Å². The van der Waals surface area contributed by atoms with Gasteiger partial charge >= 0.3 is 0 Å². The smallest absolute Gasteiger partial charge is 0.146 e. The van der Waals surface area contributed by atoms with E-state index in [1.165, 1.54) is 5.56 Å². The first kappa shape index (κ1) is 14.8. The minimum atomic E-state index is 0.0466. The highest BCUT2D eigenvalue weighted by Gasteiger charge is 2.25. The highest BCUT2D eigenvalue weighted by atomic mass is 32.2. The molecule has 1 aliphatic carbocycles. The normalized spacial score (nSPS) is 18.4. The Morgan fingerprint density at radius 3 is 2.83 bits per heavy atom. The van der Waals surface area contributed by atoms with E-state index in [1.54, 1.807) is 29.4 Å². The monoisotopic (exact) mass is 340 g/mol. The first-order valence-corrected chi connectivity index (χ1v) is 9.56. The van der Waals surface area contributed by atoms with Crippen LogP contribution < -0.4 is 0 Å². The summed E-state index contributed by atoms with van der Waals surface area (Å²) < 4.78 is 0. The van der Waals surface area contributed by atoms with Crippen LogP contribution in [0.1, 0.15) is 25.7 Å². The van der Waals surface area contributed by atoms with Crippen molar-refractivity contribution in [3.8, 4) is 11.1 Å². The predicted molar refractivity (Wildman–Crippen MR) is 96.0 cm³/mol. The zero-order valence-electron chi connectivity index (χ0n) is 12.6. The second-order valence-electron chi connectivity index (χ2n) is 5.69. The lowest BCUT2D eigenvalue weighted by Gasteiger charge is -2.19. The second-order valence-corrected chi connectivity index (χ2v) is 7.74. The zero-order valence-corrected chi connectivity index (χ0v) is 14.2. The van der Waals surface area contributed by atoms with Gasteiger partial charge in [-0.1, -0.05) is 48.5 Å². The first-order valence-electron chi connectivity index (χ1n) is 7.80. The summed E-state index contributed by atoms with van der Waals surface area (Å²) in [5.74, 6) is 0.365. The van der Waals surface area contributed by atoms with Crippen molar-refractivity contribution < 1.29 is 4.79 Å². The van der Waals surface area contributed by atoms with Crippen LogP contribution in [-0.4, -0.2) is 21.0 Å². The van der Waals surface area contributed by atoms with Crippen LogP contribution >= 0.6 is 23.1 Å². The van der Waals surface area contributed by atoms with Crippen LogP contribution in [0.25, 0.3) is 21.3 Å². The molecule has 0 N–H and O–H groups in total. The van der Waals surface area contributed by atoms with Crippen LogP contribution in [-0.2, 0) is 4.79 Å². The van der Waals surface area contributed by atoms with Crippen molar-refractivity contribution in [3.05, 3.63) is 42.0 Å². The van der Waals surface area contributed by atoms with Gasteiger partial charge in [0.05, 0.1) is 10.6 Å². The van der Waals surface area contributed by atoms with Crippen molar-refractivity contribution in [1.29, 1.82) is 0 Å². The van der Waals surface area contributed by atoms with Crippen molar-refractivity contribution in [2.45, 2.75) is 36.0 Å². The van der Waals surface area contributed by atoms with Gasteiger partial charge in [-0.15, -0.1) is 11.3 Å². The minimum Gasteiger partial charge on any atom is -0.298 e. The van der Waals surface area contributed by atoms with Crippen molar-refractivity contribution >= 4 is 39.1 Å². The van der Waals surface area contributed by atoms with Gasteiger partial charge in [-0.05, 0) is 18.4 Å². The number of nitrogens with zero attached hydrogens (tertiary/aromatic N) is 2. The summed E-state index contributed by atoms with van der Waals surface area (Å²) >= 11 is 3.26. The topological polar surface area (TPSA) is 42.9 Å². The quantitative estimate of drug-likeness (QED) is 0.632. The van der Waals surface area contributed by atoms with E-state index >= 15 is 0 Å². The lowest BCUT2D eigenvalue weighted by molar-refractivity contribution is -0.119. The Morgan fingerprint density at radius 2 is 2.00 bits per heavy atom. The fraction of sp³-hybridized carbons (Fsp3) is 0.278. The number of aromatic nitrogens is 2. The molecule has 23 heavy (non-hydrogen) atoms. The molecule has 0 saturated heterocycles. The third-order valence-corrected chi connectivity index (χ3v) is 6.37. The Labute approximate surface area is 143 Å². The summed E-state index contributed by atoms with van der Waals surface area (Å²) in [4.78, 5) is 22.1. The molecule has 3 nitrogen and oxygen atoms in total. The number of thioether (sulfide) groups is 1. The summed E-state index contributed by atoms with van der Waals surface area (Å²) in [6.45, 7) is 0. The Kier molecular flexibility index (Phi) is 4.14. The van der Waals surface area contributed by atoms with E-state index in [4.69, 9.17) is 0 Å².